The van der Waals surface area contributed by atoms with Crippen molar-refractivity contribution in [2.75, 3.05) is 31.2 Å². The van der Waals surface area contributed by atoms with Crippen LogP contribution in [0.3, 0.4) is 0 Å². The number of fused-ring (bicyclic) bond motifs is 1. The molecule has 13 rings (SSSR count). The molecule has 4 aromatic rings. The largest absolute Gasteiger partial charge is 0.462 e. The summed E-state index contributed by atoms with van der Waals surface area (Å²) in [4.78, 5) is 68.8. The molecule has 0 atom stereocenters. The lowest BCUT2D eigenvalue weighted by Gasteiger charge is -2.27. The molecule has 3 amide bonds. The van der Waals surface area contributed by atoms with Crippen LogP contribution in [-0.4, -0.2) is 60.9 Å². The third-order valence-corrected chi connectivity index (χ3v) is 9.45. The third kappa shape index (κ3) is 5.85. The van der Waals surface area contributed by atoms with E-state index in [0.29, 0.717) is 77.5 Å². The molecule has 0 saturated heterocycles. The van der Waals surface area contributed by atoms with Crippen LogP contribution in [0.2, 0.25) is 0 Å². The van der Waals surface area contributed by atoms with Crippen LogP contribution in [0.15, 0.2) is 72.8 Å². The van der Waals surface area contributed by atoms with Gasteiger partial charge in [-0.25, -0.2) is 9.59 Å². The van der Waals surface area contributed by atoms with Gasteiger partial charge in [-0.3, -0.25) is 19.3 Å². The van der Waals surface area contributed by atoms with Crippen molar-refractivity contribution in [3.8, 4) is 11.1 Å². The maximum atomic E-state index is 13.5. The Morgan fingerprint density at radius 3 is 1.31 bits per heavy atom. The summed E-state index contributed by atoms with van der Waals surface area (Å²) in [6.07, 6.45) is 6.00. The van der Waals surface area contributed by atoms with Crippen LogP contribution in [0, 0.1) is 0 Å². The fourth-order valence-electron chi connectivity index (χ4n) is 6.84. The quantitative estimate of drug-likeness (QED) is 0.147. The highest BCUT2D eigenvalue weighted by Crippen LogP contribution is 2.43. The molecule has 48 heavy (non-hydrogen) atoms. The molecule has 0 aromatic heterocycles. The smallest absolute Gasteiger partial charge is 0.338 e. The average Bonchev–Trinajstić information content (AvgIpc) is 3.39. The maximum absolute atomic E-state index is 13.5. The molecular weight excluding hydrogens is 608 g/mol. The number of hydrogen-bond donors (Lipinski definition) is 0. The van der Waals surface area contributed by atoms with Gasteiger partial charge in [0.05, 0.1) is 30.0 Å². The van der Waals surface area contributed by atoms with Gasteiger partial charge in [-0.2, -0.15) is 0 Å². The molecule has 0 radical (unpaired) electrons. The summed E-state index contributed by atoms with van der Waals surface area (Å²) < 4.78 is 11.0. The van der Waals surface area contributed by atoms with Crippen LogP contribution < -0.4 is 4.90 Å². The highest BCUT2D eigenvalue weighted by molar-refractivity contribution is 6.33. The second-order valence-electron chi connectivity index (χ2n) is 12.5. The summed E-state index contributed by atoms with van der Waals surface area (Å²) in [7, 11) is 0. The number of carbonyl (C=O) groups is 5. The molecule has 4 aromatic carbocycles. The zero-order valence-corrected chi connectivity index (χ0v) is 26.7. The third-order valence-electron chi connectivity index (χ3n) is 9.45. The first kappa shape index (κ1) is 31.3. The number of nitrogens with zero attached hydrogens (tertiary/aromatic N) is 2. The van der Waals surface area contributed by atoms with Gasteiger partial charge in [0.25, 0.3) is 17.7 Å². The topological polar surface area (TPSA) is 110 Å². The second kappa shape index (κ2) is 13.4. The Bertz CT molecular complexity index is 1910. The lowest BCUT2D eigenvalue weighted by atomic mass is 9.91. The standard InChI is InChI=1S/C39H36N2O7/c42-35-31-18-17-29-33-30-19-20-32(34(31)33)40(35)21-5-1-3-7-23-47-38(45)27-13-9-25(10-14-27)26-11-15-28(16-12-26)39(46)48-24-8-4-2-6-22-41(36(29)43)37(30)44/h9-20H,1-8,21-24H2. The van der Waals surface area contributed by atoms with Gasteiger partial charge in [0.15, 0.2) is 0 Å². The van der Waals surface area contributed by atoms with E-state index in [4.69, 9.17) is 9.47 Å². The average molecular weight is 645 g/mol. The van der Waals surface area contributed by atoms with Crippen LogP contribution in [0.25, 0.3) is 21.9 Å². The molecule has 9 heterocycles. The lowest BCUT2D eigenvalue weighted by Crippen LogP contribution is -2.40. The normalized spacial score (nSPS) is 17.9. The number of rotatable bonds is 0. The van der Waals surface area contributed by atoms with Crippen LogP contribution in [-0.2, 0) is 9.47 Å². The van der Waals surface area contributed by atoms with Crippen molar-refractivity contribution in [2.24, 2.45) is 0 Å². The Labute approximate surface area is 278 Å². The first-order chi connectivity index (χ1) is 23.4. The van der Waals surface area contributed by atoms with Crippen molar-refractivity contribution in [1.82, 2.24) is 4.90 Å². The van der Waals surface area contributed by atoms with Crippen molar-refractivity contribution in [3.63, 3.8) is 0 Å². The number of imide groups is 1. The van der Waals surface area contributed by atoms with Gasteiger partial charge in [-0.15, -0.1) is 0 Å². The predicted molar refractivity (Wildman–Crippen MR) is 180 cm³/mol. The van der Waals surface area contributed by atoms with E-state index in [2.05, 4.69) is 0 Å². The molecule has 9 aliphatic rings. The molecule has 0 spiro atoms. The van der Waals surface area contributed by atoms with Crippen LogP contribution in [0.1, 0.15) is 103 Å². The monoisotopic (exact) mass is 644 g/mol. The van der Waals surface area contributed by atoms with E-state index >= 15 is 0 Å². The fourth-order valence-corrected chi connectivity index (χ4v) is 6.84. The Kier molecular flexibility index (Phi) is 8.76. The molecule has 0 unspecified atom stereocenters. The van der Waals surface area contributed by atoms with Crippen LogP contribution in [0.5, 0.6) is 0 Å². The minimum atomic E-state index is -0.396. The Hall–Kier alpha value is -5.31. The van der Waals surface area contributed by atoms with E-state index in [9.17, 15) is 24.0 Å². The first-order valence-electron chi connectivity index (χ1n) is 16.7. The van der Waals surface area contributed by atoms with Gasteiger partial charge in [0.1, 0.15) is 0 Å². The molecule has 9 aliphatic heterocycles. The molecule has 0 N–H and O–H groups in total. The molecule has 9 nitrogen and oxygen atoms in total. The maximum Gasteiger partial charge on any atom is 0.338 e. The van der Waals surface area contributed by atoms with Crippen molar-refractivity contribution in [3.05, 3.63) is 101 Å². The van der Waals surface area contributed by atoms with E-state index in [1.165, 1.54) is 4.90 Å². The zero-order chi connectivity index (χ0) is 33.2. The minimum absolute atomic E-state index is 0.121. The number of hydrogen-bond acceptors (Lipinski definition) is 7. The van der Waals surface area contributed by atoms with Gasteiger partial charge in [-0.05, 0) is 98.2 Å². The second-order valence-corrected chi connectivity index (χ2v) is 12.5. The zero-order valence-electron chi connectivity index (χ0n) is 26.7. The van der Waals surface area contributed by atoms with E-state index in [0.717, 1.165) is 48.9 Å². The van der Waals surface area contributed by atoms with Crippen molar-refractivity contribution in [2.45, 2.75) is 51.4 Å². The SMILES string of the molecule is O=C1OCCCCCCN2C(=O)c3ccc4c5c(ccc(c35)C2=O)N(CCCCCCOC(=O)c2ccc(cc2)-c2ccc1cc2)C4=O. The number of ether oxygens (including phenoxy) is 2. The summed E-state index contributed by atoms with van der Waals surface area (Å²) in [5.41, 5.74) is 4.89. The summed E-state index contributed by atoms with van der Waals surface area (Å²) in [5.74, 6) is -1.57. The number of benzene rings is 4. The summed E-state index contributed by atoms with van der Waals surface area (Å²) >= 11 is 0. The predicted octanol–water partition coefficient (Wildman–Crippen LogP) is 7.21. The number of esters is 2. The summed E-state index contributed by atoms with van der Waals surface area (Å²) in [6, 6.07) is 21.3. The van der Waals surface area contributed by atoms with Crippen LogP contribution >= 0.6 is 0 Å². The molecule has 0 saturated carbocycles. The lowest BCUT2D eigenvalue weighted by molar-refractivity contribution is 0.0488. The highest BCUT2D eigenvalue weighted by atomic mass is 16.5. The molecule has 244 valence electrons. The van der Waals surface area contributed by atoms with Gasteiger partial charge in [0, 0.05) is 40.6 Å². The highest BCUT2D eigenvalue weighted by Gasteiger charge is 2.38. The first-order valence-corrected chi connectivity index (χ1v) is 16.7. The van der Waals surface area contributed by atoms with Crippen molar-refractivity contribution in [1.29, 1.82) is 0 Å². The van der Waals surface area contributed by atoms with Gasteiger partial charge < -0.3 is 14.4 Å². The molecule has 0 aliphatic carbocycles. The van der Waals surface area contributed by atoms with E-state index < -0.39 is 5.97 Å². The Morgan fingerprint density at radius 1 is 0.396 bits per heavy atom. The van der Waals surface area contributed by atoms with Crippen molar-refractivity contribution >= 4 is 46.1 Å². The van der Waals surface area contributed by atoms with Gasteiger partial charge in [0.2, 0.25) is 0 Å². The fraction of sp³-hybridized carbons (Fsp3) is 0.308. The summed E-state index contributed by atoms with van der Waals surface area (Å²) in [6.45, 7) is 1.38. The minimum Gasteiger partial charge on any atom is -0.462 e. The van der Waals surface area contributed by atoms with E-state index in [-0.39, 0.29) is 30.3 Å². The number of carbonyl (C=O) groups excluding carboxylic acids is 5. The number of anilines is 1. The molecular formula is C39H36N2O7. The molecule has 9 heteroatoms. The van der Waals surface area contributed by atoms with Crippen molar-refractivity contribution < 1.29 is 33.4 Å². The van der Waals surface area contributed by atoms with Gasteiger partial charge in [-0.1, -0.05) is 37.1 Å². The molecule has 0 fully saturated rings. The Morgan fingerprint density at radius 2 is 0.792 bits per heavy atom. The Balaban J connectivity index is 1.07. The van der Waals surface area contributed by atoms with Crippen LogP contribution in [0.4, 0.5) is 5.69 Å². The summed E-state index contributed by atoms with van der Waals surface area (Å²) in [5, 5.41) is 1.24. The van der Waals surface area contributed by atoms with Gasteiger partial charge >= 0.3 is 11.9 Å². The number of amides is 3. The van der Waals surface area contributed by atoms with E-state index in [1.54, 1.807) is 47.4 Å². The van der Waals surface area contributed by atoms with E-state index in [1.807, 2.05) is 30.3 Å². The molecule has 11 bridgehead atoms.